The molecular weight excluding hydrogens is 1120 g/mol. The SMILES string of the molecule is CCC(C)C(C(CC(=O)N1CCCC1C(OC)C(C)C(=O)NC(Cc1ccccc1)C(=O)O)OC)N(C)C(=O)C(NC(=O)C(C)(C)N(C)C(=O)OCc1ccc(NC(=O)CNC(=O)C(NC(=O)CCCCCN2C(=O)C=CC2=O)C(C)C)cc1)C(C)C. The van der Waals surface area contributed by atoms with Gasteiger partial charge in [-0.2, -0.15) is 0 Å². The van der Waals surface area contributed by atoms with E-state index in [1.165, 1.54) is 52.2 Å². The maximum absolute atomic E-state index is 14.7. The molecule has 1 fully saturated rings. The molecule has 24 nitrogen and oxygen atoms in total. The van der Waals surface area contributed by atoms with Crippen LogP contribution < -0.4 is 26.6 Å². The number of rotatable bonds is 34. The van der Waals surface area contributed by atoms with Crippen LogP contribution in [-0.2, 0) is 75.2 Å². The minimum atomic E-state index is -1.53. The van der Waals surface area contributed by atoms with Crippen LogP contribution in [-0.4, -0.2) is 186 Å². The number of ether oxygens (including phenoxy) is 3. The molecule has 2 aliphatic heterocycles. The van der Waals surface area contributed by atoms with Crippen LogP contribution in [0.15, 0.2) is 66.7 Å². The van der Waals surface area contributed by atoms with E-state index in [0.717, 1.165) is 15.4 Å². The number of nitrogens with zero attached hydrogens (tertiary/aromatic N) is 4. The molecule has 2 heterocycles. The van der Waals surface area contributed by atoms with Crippen molar-refractivity contribution in [1.82, 2.24) is 40.9 Å². The molecule has 10 amide bonds. The Kier molecular flexibility index (Phi) is 28.0. The molecule has 0 aromatic heterocycles. The average Bonchev–Trinajstić information content (AvgIpc) is 2.35. The van der Waals surface area contributed by atoms with Crippen molar-refractivity contribution in [2.45, 2.75) is 175 Å². The summed E-state index contributed by atoms with van der Waals surface area (Å²) in [5.41, 5.74) is 0.155. The van der Waals surface area contributed by atoms with E-state index in [9.17, 15) is 57.8 Å². The molecule has 2 aromatic rings. The van der Waals surface area contributed by atoms with E-state index in [1.54, 1.807) is 95.1 Å². The number of benzene rings is 2. The summed E-state index contributed by atoms with van der Waals surface area (Å²) in [5, 5.41) is 23.5. The van der Waals surface area contributed by atoms with Gasteiger partial charge in [-0.05, 0) is 80.5 Å². The highest BCUT2D eigenvalue weighted by molar-refractivity contribution is 6.12. The van der Waals surface area contributed by atoms with Gasteiger partial charge in [0, 0.05) is 72.1 Å². The lowest BCUT2D eigenvalue weighted by atomic mass is 9.89. The van der Waals surface area contributed by atoms with E-state index in [1.807, 2.05) is 19.9 Å². The van der Waals surface area contributed by atoms with E-state index < -0.39 is 101 Å². The van der Waals surface area contributed by atoms with Gasteiger partial charge in [0.15, 0.2) is 0 Å². The quantitative estimate of drug-likeness (QED) is 0.0413. The molecule has 1 saturated heterocycles. The molecule has 0 saturated carbocycles. The number of carbonyl (C=O) groups excluding carboxylic acids is 10. The highest BCUT2D eigenvalue weighted by atomic mass is 16.6. The Morgan fingerprint density at radius 2 is 1.39 bits per heavy atom. The zero-order chi connectivity index (χ0) is 64.9. The Bertz CT molecular complexity index is 2720. The van der Waals surface area contributed by atoms with Crippen molar-refractivity contribution in [1.29, 1.82) is 0 Å². The molecule has 2 aromatic carbocycles. The summed E-state index contributed by atoms with van der Waals surface area (Å²) in [4.78, 5) is 150. The average molecular weight is 1220 g/mol. The van der Waals surface area contributed by atoms with Gasteiger partial charge in [-0.3, -0.25) is 53.0 Å². The summed E-state index contributed by atoms with van der Waals surface area (Å²) in [6, 6.07) is 11.1. The Morgan fingerprint density at radius 1 is 0.759 bits per heavy atom. The number of unbranched alkanes of at least 4 members (excludes halogenated alkanes) is 2. The van der Waals surface area contributed by atoms with Crippen molar-refractivity contribution in [3.8, 4) is 0 Å². The van der Waals surface area contributed by atoms with E-state index in [4.69, 9.17) is 14.2 Å². The van der Waals surface area contributed by atoms with Gasteiger partial charge in [0.05, 0.1) is 43.2 Å². The molecule has 0 aliphatic carbocycles. The maximum Gasteiger partial charge on any atom is 0.410 e. The fourth-order valence-corrected chi connectivity index (χ4v) is 10.7. The van der Waals surface area contributed by atoms with Crippen LogP contribution in [0.1, 0.15) is 125 Å². The highest BCUT2D eigenvalue weighted by Gasteiger charge is 2.45. The predicted octanol–water partition coefficient (Wildman–Crippen LogP) is 4.59. The van der Waals surface area contributed by atoms with Crippen LogP contribution in [0.25, 0.3) is 0 Å². The molecule has 0 radical (unpaired) electrons. The lowest BCUT2D eigenvalue weighted by Crippen LogP contribution is -2.62. The molecule has 4 rings (SSSR count). The maximum atomic E-state index is 14.7. The molecule has 24 heteroatoms. The summed E-state index contributed by atoms with van der Waals surface area (Å²) >= 11 is 0. The summed E-state index contributed by atoms with van der Waals surface area (Å²) < 4.78 is 17.5. The first kappa shape index (κ1) is 71.7. The third-order valence-corrected chi connectivity index (χ3v) is 16.5. The number of hydrogen-bond donors (Lipinski definition) is 6. The van der Waals surface area contributed by atoms with Gasteiger partial charge in [0.2, 0.25) is 41.4 Å². The molecule has 9 atom stereocenters. The van der Waals surface area contributed by atoms with Crippen molar-refractivity contribution in [3.63, 3.8) is 0 Å². The lowest BCUT2D eigenvalue weighted by molar-refractivity contribution is -0.148. The number of nitrogens with one attached hydrogen (secondary N) is 5. The van der Waals surface area contributed by atoms with Gasteiger partial charge >= 0.3 is 12.1 Å². The summed E-state index contributed by atoms with van der Waals surface area (Å²) in [6.07, 6.45) is 3.52. The first-order valence-electron chi connectivity index (χ1n) is 30.0. The van der Waals surface area contributed by atoms with E-state index in [0.29, 0.717) is 56.3 Å². The lowest BCUT2D eigenvalue weighted by Gasteiger charge is -2.41. The smallest absolute Gasteiger partial charge is 0.410 e. The number of imide groups is 1. The van der Waals surface area contributed by atoms with Gasteiger partial charge < -0.3 is 55.7 Å². The van der Waals surface area contributed by atoms with Crippen LogP contribution in [0.5, 0.6) is 0 Å². The fraction of sp³-hybridized carbons (Fsp3) is 0.603. The minimum Gasteiger partial charge on any atom is -0.480 e. The number of carbonyl (C=O) groups is 11. The Labute approximate surface area is 511 Å². The number of anilines is 1. The number of amides is 10. The summed E-state index contributed by atoms with van der Waals surface area (Å²) in [7, 11) is 5.95. The number of likely N-dealkylation sites (N-methyl/N-ethyl adjacent to an activating group) is 2. The molecule has 480 valence electrons. The molecule has 0 bridgehead atoms. The van der Waals surface area contributed by atoms with Crippen LogP contribution in [0.3, 0.4) is 0 Å². The third-order valence-electron chi connectivity index (χ3n) is 16.5. The molecule has 6 N–H and O–H groups in total. The number of likely N-dealkylation sites (tertiary alicyclic amines) is 1. The first-order valence-corrected chi connectivity index (χ1v) is 30.0. The topological polar surface area (TPSA) is 309 Å². The summed E-state index contributed by atoms with van der Waals surface area (Å²) in [6.45, 7) is 15.7. The third kappa shape index (κ3) is 20.4. The Balaban J connectivity index is 1.30. The van der Waals surface area contributed by atoms with E-state index in [-0.39, 0.29) is 74.4 Å². The molecule has 87 heavy (non-hydrogen) atoms. The van der Waals surface area contributed by atoms with Gasteiger partial charge in [0.1, 0.15) is 30.3 Å². The second kappa shape index (κ2) is 34.0. The number of aliphatic carboxylic acids is 1. The van der Waals surface area contributed by atoms with Gasteiger partial charge in [-0.15, -0.1) is 0 Å². The molecular formula is C63H93N9O15. The van der Waals surface area contributed by atoms with Crippen molar-refractivity contribution in [2.75, 3.05) is 53.3 Å². The van der Waals surface area contributed by atoms with Crippen LogP contribution in [0.4, 0.5) is 10.5 Å². The van der Waals surface area contributed by atoms with Crippen molar-refractivity contribution in [2.24, 2.45) is 23.7 Å². The normalized spacial score (nSPS) is 16.9. The van der Waals surface area contributed by atoms with Gasteiger partial charge in [-0.1, -0.05) is 104 Å². The van der Waals surface area contributed by atoms with E-state index in [2.05, 4.69) is 26.6 Å². The Hall–Kier alpha value is -7.73. The van der Waals surface area contributed by atoms with Crippen molar-refractivity contribution >= 4 is 70.9 Å². The zero-order valence-electron chi connectivity index (χ0n) is 52.8. The summed E-state index contributed by atoms with van der Waals surface area (Å²) in [5.74, 6) is -6.92. The molecule has 2 aliphatic rings. The van der Waals surface area contributed by atoms with Crippen LogP contribution in [0, 0.1) is 23.7 Å². The Morgan fingerprint density at radius 3 is 1.97 bits per heavy atom. The zero-order valence-corrected chi connectivity index (χ0v) is 52.8. The standard InChI is InChI=1S/C63H93N9O15/c1-14-40(6)55(47(85-12)35-52(77)71-33-21-24-46(71)56(86-13)41(7)57(78)66-45(60(81)82)34-42-22-17-15-18-23-42)69(10)59(80)54(39(4)5)68-61(83)63(8,9)70(11)62(84)87-37-43-26-28-44(29-27-43)65-49(74)36-64-58(79)53(38(2)3)67-48(73)25-19-16-20-32-72-50(75)30-31-51(72)76/h15,17-18,22-23,26-31,38-41,45-47,53-56H,14,16,19-21,24-25,32-37H2,1-13H3,(H,64,79)(H,65,74)(H,66,78)(H,67,73)(H,68,83)(H,81,82). The largest absolute Gasteiger partial charge is 0.480 e. The second-order valence-electron chi connectivity index (χ2n) is 23.8. The van der Waals surface area contributed by atoms with Gasteiger partial charge in [0.25, 0.3) is 11.8 Å². The van der Waals surface area contributed by atoms with Crippen LogP contribution >= 0.6 is 0 Å². The molecule has 9 unspecified atom stereocenters. The predicted molar refractivity (Wildman–Crippen MR) is 324 cm³/mol. The van der Waals surface area contributed by atoms with Crippen LogP contribution in [0.2, 0.25) is 0 Å². The number of hydrogen-bond acceptors (Lipinski definition) is 14. The van der Waals surface area contributed by atoms with Crippen molar-refractivity contribution in [3.05, 3.63) is 77.9 Å². The fourth-order valence-electron chi connectivity index (χ4n) is 10.7. The number of carboxylic acids is 1. The highest BCUT2D eigenvalue weighted by Crippen LogP contribution is 2.30. The number of carboxylic acid groups (broad SMARTS) is 1. The number of methoxy groups -OCH3 is 2. The monoisotopic (exact) mass is 1220 g/mol. The molecule has 0 spiro atoms. The first-order chi connectivity index (χ1) is 41.1. The minimum absolute atomic E-state index is 0.0821. The van der Waals surface area contributed by atoms with Crippen molar-refractivity contribution < 1.29 is 72.1 Å². The van der Waals surface area contributed by atoms with Gasteiger partial charge in [-0.25, -0.2) is 9.59 Å². The second-order valence-corrected chi connectivity index (χ2v) is 23.8. The van der Waals surface area contributed by atoms with E-state index >= 15 is 0 Å².